The number of amides is 1. The number of fused-ring (bicyclic) bond motifs is 1. The Morgan fingerprint density at radius 3 is 2.63 bits per heavy atom. The van der Waals surface area contributed by atoms with Gasteiger partial charge in [0, 0.05) is 16.1 Å². The van der Waals surface area contributed by atoms with E-state index in [-0.39, 0.29) is 11.7 Å². The van der Waals surface area contributed by atoms with Crippen molar-refractivity contribution in [2.45, 2.75) is 0 Å². The highest BCUT2D eigenvalue weighted by atomic mass is 35.5. The third-order valence-electron chi connectivity index (χ3n) is 4.64. The first-order valence-electron chi connectivity index (χ1n) is 9.29. The normalized spacial score (nSPS) is 11.0. The Morgan fingerprint density at radius 2 is 1.77 bits per heavy atom. The van der Waals surface area contributed by atoms with E-state index < -0.39 is 0 Å². The second-order valence-electron chi connectivity index (χ2n) is 6.66. The van der Waals surface area contributed by atoms with Crippen molar-refractivity contribution in [2.24, 2.45) is 0 Å². The predicted molar refractivity (Wildman–Crippen MR) is 122 cm³/mol. The Labute approximate surface area is 181 Å². The van der Waals surface area contributed by atoms with Crippen molar-refractivity contribution in [3.8, 4) is 21.9 Å². The summed E-state index contributed by atoms with van der Waals surface area (Å²) in [6.07, 6.45) is 0. The minimum absolute atomic E-state index is 0.226. The first kappa shape index (κ1) is 18.6. The lowest BCUT2D eigenvalue weighted by Crippen LogP contribution is -2.11. The number of nitrogens with one attached hydrogen (secondary N) is 1. The summed E-state index contributed by atoms with van der Waals surface area (Å²) in [6.45, 7) is 0. The molecule has 0 saturated heterocycles. The van der Waals surface area contributed by atoms with Crippen LogP contribution in [-0.2, 0) is 0 Å². The van der Waals surface area contributed by atoms with Gasteiger partial charge in [0.2, 0.25) is 0 Å². The smallest absolute Gasteiger partial charge is 0.291 e. The number of carbonyl (C=O) groups excluding carboxylic acids is 1. The molecule has 1 amide bonds. The first-order chi connectivity index (χ1) is 14.7. The number of halogens is 1. The molecule has 4 nitrogen and oxygen atoms in total. The van der Waals surface area contributed by atoms with Crippen LogP contribution >= 0.6 is 22.9 Å². The van der Waals surface area contributed by atoms with Crippen molar-refractivity contribution in [1.29, 1.82) is 0 Å². The van der Waals surface area contributed by atoms with Gasteiger partial charge >= 0.3 is 0 Å². The number of aromatic nitrogens is 1. The van der Waals surface area contributed by atoms with E-state index in [1.54, 1.807) is 35.6 Å². The molecular formula is C24H15ClN2O2S. The van der Waals surface area contributed by atoms with Gasteiger partial charge in [-0.15, -0.1) is 11.3 Å². The number of thiazole rings is 1. The van der Waals surface area contributed by atoms with Crippen molar-refractivity contribution in [2.75, 3.05) is 5.32 Å². The zero-order valence-electron chi connectivity index (χ0n) is 15.6. The van der Waals surface area contributed by atoms with Crippen LogP contribution in [0.4, 0.5) is 5.69 Å². The van der Waals surface area contributed by atoms with Crippen LogP contribution in [0.3, 0.4) is 0 Å². The fraction of sp³-hybridized carbons (Fsp3) is 0. The Morgan fingerprint density at radius 1 is 0.933 bits per heavy atom. The zero-order valence-corrected chi connectivity index (χ0v) is 17.2. The standard InChI is InChI=1S/C24H15ClN2O2S/c25-16-7-5-6-15(14-16)20-12-13-21(29-20)23(28)26-18-9-2-1-8-17(18)24-27-19-10-3-4-11-22(19)30-24/h1-14H,(H,26,28). The SMILES string of the molecule is O=C(Nc1ccccc1-c1nc2ccccc2s1)c1ccc(-c2cccc(Cl)c2)o1. The quantitative estimate of drug-likeness (QED) is 0.330. The highest BCUT2D eigenvalue weighted by Gasteiger charge is 2.16. The summed E-state index contributed by atoms with van der Waals surface area (Å²) in [4.78, 5) is 17.5. The second kappa shape index (κ2) is 7.78. The fourth-order valence-electron chi connectivity index (χ4n) is 3.21. The maximum atomic E-state index is 12.8. The van der Waals surface area contributed by atoms with E-state index in [1.807, 2.05) is 60.7 Å². The lowest BCUT2D eigenvalue weighted by molar-refractivity contribution is 0.0997. The second-order valence-corrected chi connectivity index (χ2v) is 8.13. The van der Waals surface area contributed by atoms with Crippen molar-refractivity contribution < 1.29 is 9.21 Å². The molecule has 5 aromatic rings. The van der Waals surface area contributed by atoms with Crippen LogP contribution < -0.4 is 5.32 Å². The molecule has 1 N–H and O–H groups in total. The van der Waals surface area contributed by atoms with Crippen molar-refractivity contribution in [3.05, 3.63) is 95.7 Å². The van der Waals surface area contributed by atoms with E-state index in [0.29, 0.717) is 16.5 Å². The number of benzene rings is 3. The summed E-state index contributed by atoms with van der Waals surface area (Å²) in [5.41, 5.74) is 3.31. The highest BCUT2D eigenvalue weighted by molar-refractivity contribution is 7.21. The Hall–Kier alpha value is -3.41. The number of hydrogen-bond acceptors (Lipinski definition) is 4. The molecule has 0 bridgehead atoms. The average Bonchev–Trinajstić information content (AvgIpc) is 3.42. The maximum Gasteiger partial charge on any atom is 0.291 e. The van der Waals surface area contributed by atoms with Gasteiger partial charge in [0.25, 0.3) is 5.91 Å². The molecule has 2 heterocycles. The summed E-state index contributed by atoms with van der Waals surface area (Å²) in [5, 5.41) is 4.42. The molecule has 5 rings (SSSR count). The monoisotopic (exact) mass is 430 g/mol. The van der Waals surface area contributed by atoms with E-state index >= 15 is 0 Å². The molecule has 0 spiro atoms. The largest absolute Gasteiger partial charge is 0.451 e. The minimum atomic E-state index is -0.322. The van der Waals surface area contributed by atoms with Gasteiger partial charge in [-0.25, -0.2) is 4.98 Å². The lowest BCUT2D eigenvalue weighted by Gasteiger charge is -2.08. The molecular weight excluding hydrogens is 416 g/mol. The number of hydrogen-bond donors (Lipinski definition) is 1. The fourth-order valence-corrected chi connectivity index (χ4v) is 4.40. The zero-order chi connectivity index (χ0) is 20.5. The van der Waals surface area contributed by atoms with Crippen molar-refractivity contribution in [1.82, 2.24) is 4.98 Å². The molecule has 146 valence electrons. The van der Waals surface area contributed by atoms with Crippen LogP contribution in [0.15, 0.2) is 89.3 Å². The lowest BCUT2D eigenvalue weighted by atomic mass is 10.2. The van der Waals surface area contributed by atoms with E-state index in [2.05, 4.69) is 5.32 Å². The summed E-state index contributed by atoms with van der Waals surface area (Å²) >= 11 is 7.64. The van der Waals surface area contributed by atoms with E-state index in [9.17, 15) is 4.79 Å². The molecule has 0 radical (unpaired) electrons. The molecule has 30 heavy (non-hydrogen) atoms. The average molecular weight is 431 g/mol. The molecule has 0 aliphatic carbocycles. The van der Waals surface area contributed by atoms with E-state index in [0.717, 1.165) is 26.4 Å². The Balaban J connectivity index is 1.43. The molecule has 0 saturated carbocycles. The van der Waals surface area contributed by atoms with Crippen LogP contribution in [-0.4, -0.2) is 10.9 Å². The van der Waals surface area contributed by atoms with Crippen LogP contribution in [0.25, 0.3) is 32.1 Å². The Kier molecular flexibility index (Phi) is 4.83. The molecule has 0 aliphatic heterocycles. The minimum Gasteiger partial charge on any atom is -0.451 e. The summed E-state index contributed by atoms with van der Waals surface area (Å²) in [7, 11) is 0. The predicted octanol–water partition coefficient (Wildman–Crippen LogP) is 7.13. The molecule has 0 aliphatic rings. The van der Waals surface area contributed by atoms with Crippen LogP contribution in [0.5, 0.6) is 0 Å². The van der Waals surface area contributed by atoms with Crippen LogP contribution in [0.2, 0.25) is 5.02 Å². The van der Waals surface area contributed by atoms with E-state index in [4.69, 9.17) is 21.0 Å². The number of nitrogens with zero attached hydrogens (tertiary/aromatic N) is 1. The topological polar surface area (TPSA) is 55.1 Å². The molecule has 0 fully saturated rings. The van der Waals surface area contributed by atoms with Gasteiger partial charge in [0.1, 0.15) is 10.8 Å². The van der Waals surface area contributed by atoms with Gasteiger partial charge in [0.05, 0.1) is 15.9 Å². The number of rotatable bonds is 4. The summed E-state index contributed by atoms with van der Waals surface area (Å²) in [6, 6.07) is 26.3. The molecule has 3 aromatic carbocycles. The highest BCUT2D eigenvalue weighted by Crippen LogP contribution is 2.34. The molecule has 0 unspecified atom stereocenters. The van der Waals surface area contributed by atoms with Gasteiger partial charge in [-0.05, 0) is 48.5 Å². The van der Waals surface area contributed by atoms with Crippen molar-refractivity contribution in [3.63, 3.8) is 0 Å². The first-order valence-corrected chi connectivity index (χ1v) is 10.5. The number of para-hydroxylation sites is 2. The third-order valence-corrected chi connectivity index (χ3v) is 5.94. The van der Waals surface area contributed by atoms with Gasteiger partial charge in [-0.2, -0.15) is 0 Å². The van der Waals surface area contributed by atoms with Gasteiger partial charge in [0.15, 0.2) is 5.76 Å². The van der Waals surface area contributed by atoms with Gasteiger partial charge in [-0.3, -0.25) is 4.79 Å². The molecule has 0 atom stereocenters. The molecule has 6 heteroatoms. The molecule has 2 aromatic heterocycles. The van der Waals surface area contributed by atoms with Crippen LogP contribution in [0.1, 0.15) is 10.6 Å². The summed E-state index contributed by atoms with van der Waals surface area (Å²) < 4.78 is 6.87. The number of furan rings is 1. The number of anilines is 1. The van der Waals surface area contributed by atoms with Gasteiger partial charge < -0.3 is 9.73 Å². The summed E-state index contributed by atoms with van der Waals surface area (Å²) in [5.74, 6) is 0.489. The number of carbonyl (C=O) groups is 1. The van der Waals surface area contributed by atoms with Crippen molar-refractivity contribution >= 4 is 44.7 Å². The van der Waals surface area contributed by atoms with E-state index in [1.165, 1.54) is 0 Å². The van der Waals surface area contributed by atoms with Gasteiger partial charge in [-0.1, -0.05) is 48.0 Å². The Bertz CT molecular complexity index is 1340. The van der Waals surface area contributed by atoms with Crippen LogP contribution in [0, 0.1) is 0 Å². The maximum absolute atomic E-state index is 12.8. The third kappa shape index (κ3) is 3.61.